The second-order valence-electron chi connectivity index (χ2n) is 7.28. The van der Waals surface area contributed by atoms with Crippen LogP contribution in [0, 0.1) is 0 Å². The first-order valence-electron chi connectivity index (χ1n) is 10.5. The van der Waals surface area contributed by atoms with Crippen LogP contribution >= 0.6 is 11.8 Å². The van der Waals surface area contributed by atoms with E-state index in [4.69, 9.17) is 4.74 Å². The molecule has 0 unspecified atom stereocenters. The molecule has 0 saturated carbocycles. The number of carbonyl (C=O) groups is 2. The predicted octanol–water partition coefficient (Wildman–Crippen LogP) is 4.63. The number of anilines is 2. The summed E-state index contributed by atoms with van der Waals surface area (Å²) in [6, 6.07) is 24.6. The third-order valence-electron chi connectivity index (χ3n) is 4.81. The Morgan fingerprint density at radius 2 is 1.65 bits per heavy atom. The van der Waals surface area contributed by atoms with Gasteiger partial charge in [-0.05, 0) is 30.3 Å². The van der Waals surface area contributed by atoms with E-state index in [9.17, 15) is 9.59 Å². The average Bonchev–Trinajstić information content (AvgIpc) is 3.28. The second-order valence-corrected chi connectivity index (χ2v) is 8.22. The molecule has 0 radical (unpaired) electrons. The Bertz CT molecular complexity index is 1290. The molecule has 172 valence electrons. The minimum Gasteiger partial charge on any atom is -0.495 e. The molecule has 2 amide bonds. The molecule has 0 aliphatic rings. The Hall–Kier alpha value is -4.11. The Balaban J connectivity index is 1.55. The van der Waals surface area contributed by atoms with Crippen LogP contribution in [0.25, 0.3) is 17.1 Å². The Labute approximate surface area is 201 Å². The highest BCUT2D eigenvalue weighted by Gasteiger charge is 2.18. The van der Waals surface area contributed by atoms with Crippen LogP contribution in [-0.4, -0.2) is 39.4 Å². The SMILES string of the molecule is COc1ccc(NC(C)=O)cc1NC(=O)CSc1nnc(-c2ccccc2)n1-c1ccccc1. The normalized spacial score (nSPS) is 10.5. The summed E-state index contributed by atoms with van der Waals surface area (Å²) >= 11 is 1.28. The lowest BCUT2D eigenvalue weighted by Gasteiger charge is -2.13. The number of carbonyl (C=O) groups excluding carboxylic acids is 2. The third-order valence-corrected chi connectivity index (χ3v) is 5.73. The highest BCUT2D eigenvalue weighted by atomic mass is 32.2. The third kappa shape index (κ3) is 5.44. The van der Waals surface area contributed by atoms with Gasteiger partial charge in [-0.25, -0.2) is 0 Å². The van der Waals surface area contributed by atoms with Gasteiger partial charge < -0.3 is 15.4 Å². The van der Waals surface area contributed by atoms with Gasteiger partial charge in [-0.2, -0.15) is 0 Å². The summed E-state index contributed by atoms with van der Waals surface area (Å²) < 4.78 is 7.27. The number of para-hydroxylation sites is 1. The van der Waals surface area contributed by atoms with Crippen molar-refractivity contribution < 1.29 is 14.3 Å². The first kappa shape index (κ1) is 23.1. The fraction of sp³-hybridized carbons (Fsp3) is 0.120. The summed E-state index contributed by atoms with van der Waals surface area (Å²) in [5, 5.41) is 14.9. The number of hydrogen-bond donors (Lipinski definition) is 2. The van der Waals surface area contributed by atoms with Crippen molar-refractivity contribution in [2.45, 2.75) is 12.1 Å². The lowest BCUT2D eigenvalue weighted by molar-refractivity contribution is -0.114. The number of hydrogen-bond acceptors (Lipinski definition) is 6. The summed E-state index contributed by atoms with van der Waals surface area (Å²) in [6.07, 6.45) is 0. The number of nitrogens with zero attached hydrogens (tertiary/aromatic N) is 3. The van der Waals surface area contributed by atoms with Crippen molar-refractivity contribution in [3.63, 3.8) is 0 Å². The van der Waals surface area contributed by atoms with Gasteiger partial charge in [0, 0.05) is 23.9 Å². The molecule has 2 N–H and O–H groups in total. The zero-order valence-corrected chi connectivity index (χ0v) is 19.5. The predicted molar refractivity (Wildman–Crippen MR) is 133 cm³/mol. The van der Waals surface area contributed by atoms with Crippen molar-refractivity contribution in [2.75, 3.05) is 23.5 Å². The van der Waals surface area contributed by atoms with E-state index in [2.05, 4.69) is 20.8 Å². The number of thioether (sulfide) groups is 1. The van der Waals surface area contributed by atoms with Crippen molar-refractivity contribution in [2.24, 2.45) is 0 Å². The van der Waals surface area contributed by atoms with Crippen molar-refractivity contribution in [3.05, 3.63) is 78.9 Å². The number of methoxy groups -OCH3 is 1. The molecule has 0 fully saturated rings. The molecule has 0 saturated heterocycles. The van der Waals surface area contributed by atoms with Crippen molar-refractivity contribution in [1.82, 2.24) is 14.8 Å². The quantitative estimate of drug-likeness (QED) is 0.362. The molecule has 9 heteroatoms. The molecule has 0 spiro atoms. The van der Waals surface area contributed by atoms with Gasteiger partial charge in [0.25, 0.3) is 0 Å². The molecule has 0 atom stereocenters. The number of amides is 2. The molecule has 4 aromatic rings. The minimum atomic E-state index is -0.243. The van der Waals surface area contributed by atoms with Crippen LogP contribution in [-0.2, 0) is 9.59 Å². The summed E-state index contributed by atoms with van der Waals surface area (Å²) in [6.45, 7) is 1.42. The van der Waals surface area contributed by atoms with Gasteiger partial charge in [-0.3, -0.25) is 14.2 Å². The molecule has 3 aromatic carbocycles. The molecule has 8 nitrogen and oxygen atoms in total. The molecule has 1 heterocycles. The number of nitrogens with one attached hydrogen (secondary N) is 2. The molecule has 0 aliphatic heterocycles. The first-order chi connectivity index (χ1) is 16.5. The highest BCUT2D eigenvalue weighted by molar-refractivity contribution is 7.99. The van der Waals surface area contributed by atoms with E-state index in [0.29, 0.717) is 28.1 Å². The second kappa shape index (κ2) is 10.7. The fourth-order valence-electron chi connectivity index (χ4n) is 3.35. The van der Waals surface area contributed by atoms with Crippen LogP contribution in [0.4, 0.5) is 11.4 Å². The molecular weight excluding hydrogens is 450 g/mol. The largest absolute Gasteiger partial charge is 0.495 e. The monoisotopic (exact) mass is 473 g/mol. The molecule has 34 heavy (non-hydrogen) atoms. The van der Waals surface area contributed by atoms with Gasteiger partial charge in [0.05, 0.1) is 18.6 Å². The van der Waals surface area contributed by atoms with E-state index in [1.807, 2.05) is 65.2 Å². The van der Waals surface area contributed by atoms with E-state index in [0.717, 1.165) is 11.3 Å². The lowest BCUT2D eigenvalue weighted by atomic mass is 10.2. The Morgan fingerprint density at radius 1 is 0.941 bits per heavy atom. The van der Waals surface area contributed by atoms with Crippen molar-refractivity contribution in [1.29, 1.82) is 0 Å². The van der Waals surface area contributed by atoms with Crippen LogP contribution in [0.1, 0.15) is 6.92 Å². The molecular formula is C25H23N5O3S. The van der Waals surface area contributed by atoms with Gasteiger partial charge in [0.1, 0.15) is 5.75 Å². The number of rotatable bonds is 8. The van der Waals surface area contributed by atoms with Crippen LogP contribution in [0.2, 0.25) is 0 Å². The van der Waals surface area contributed by atoms with E-state index in [1.54, 1.807) is 18.2 Å². The van der Waals surface area contributed by atoms with Crippen molar-refractivity contribution >= 4 is 35.0 Å². The van der Waals surface area contributed by atoms with Gasteiger partial charge in [0.2, 0.25) is 11.8 Å². The van der Waals surface area contributed by atoms with Crippen LogP contribution in [0.15, 0.2) is 84.0 Å². The van der Waals surface area contributed by atoms with E-state index >= 15 is 0 Å². The van der Waals surface area contributed by atoms with Gasteiger partial charge >= 0.3 is 0 Å². The van der Waals surface area contributed by atoms with Gasteiger partial charge in [0.15, 0.2) is 11.0 Å². The van der Waals surface area contributed by atoms with E-state index < -0.39 is 0 Å². The lowest BCUT2D eigenvalue weighted by Crippen LogP contribution is -2.16. The highest BCUT2D eigenvalue weighted by Crippen LogP contribution is 2.30. The standard InChI is InChI=1S/C25H23N5O3S/c1-17(31)26-19-13-14-22(33-2)21(15-19)27-23(32)16-34-25-29-28-24(18-9-5-3-6-10-18)30(25)20-11-7-4-8-12-20/h3-15H,16H2,1-2H3,(H,26,31)(H,27,32). The maximum absolute atomic E-state index is 12.8. The molecule has 1 aromatic heterocycles. The Kier molecular flexibility index (Phi) is 7.24. The first-order valence-corrected chi connectivity index (χ1v) is 11.5. The van der Waals surface area contributed by atoms with E-state index in [-0.39, 0.29) is 17.6 Å². The van der Waals surface area contributed by atoms with Crippen molar-refractivity contribution in [3.8, 4) is 22.8 Å². The maximum atomic E-state index is 12.8. The van der Waals surface area contributed by atoms with Gasteiger partial charge in [-0.1, -0.05) is 60.3 Å². The number of ether oxygens (including phenoxy) is 1. The number of benzene rings is 3. The summed E-state index contributed by atoms with van der Waals surface area (Å²) in [5.74, 6) is 0.845. The minimum absolute atomic E-state index is 0.104. The van der Waals surface area contributed by atoms with Gasteiger partial charge in [-0.15, -0.1) is 10.2 Å². The molecule has 0 bridgehead atoms. The van der Waals surface area contributed by atoms with Crippen LogP contribution in [0.3, 0.4) is 0 Å². The number of aromatic nitrogens is 3. The smallest absolute Gasteiger partial charge is 0.234 e. The maximum Gasteiger partial charge on any atom is 0.234 e. The van der Waals surface area contributed by atoms with Crippen LogP contribution < -0.4 is 15.4 Å². The van der Waals surface area contributed by atoms with E-state index in [1.165, 1.54) is 25.8 Å². The van der Waals surface area contributed by atoms with Crippen LogP contribution in [0.5, 0.6) is 5.75 Å². The zero-order chi connectivity index (χ0) is 23.9. The zero-order valence-electron chi connectivity index (χ0n) is 18.7. The molecule has 0 aliphatic carbocycles. The summed E-state index contributed by atoms with van der Waals surface area (Å²) in [7, 11) is 1.52. The average molecular weight is 474 g/mol. The molecule has 4 rings (SSSR count). The summed E-state index contributed by atoms with van der Waals surface area (Å²) in [4.78, 5) is 24.1. The topological polar surface area (TPSA) is 98.1 Å². The Morgan fingerprint density at radius 3 is 2.32 bits per heavy atom. The summed E-state index contributed by atoms with van der Waals surface area (Å²) in [5.41, 5.74) is 2.86. The fourth-order valence-corrected chi connectivity index (χ4v) is 4.10.